The summed E-state index contributed by atoms with van der Waals surface area (Å²) in [7, 11) is 0. The first-order chi connectivity index (χ1) is 9.75. The fraction of sp³-hybridized carbons (Fsp3) is 0.500. The predicted octanol–water partition coefficient (Wildman–Crippen LogP) is -1.20. The van der Waals surface area contributed by atoms with E-state index in [1.165, 1.54) is 11.0 Å². The molecule has 0 spiro atoms. The third-order valence-electron chi connectivity index (χ3n) is 3.22. The second-order valence-electron chi connectivity index (χ2n) is 4.72. The van der Waals surface area contributed by atoms with Crippen molar-refractivity contribution < 1.29 is 24.3 Å². The van der Waals surface area contributed by atoms with Gasteiger partial charge in [0.15, 0.2) is 18.1 Å². The van der Waals surface area contributed by atoms with E-state index >= 15 is 0 Å². The van der Waals surface area contributed by atoms with Crippen LogP contribution < -0.4 is 15.0 Å². The van der Waals surface area contributed by atoms with Crippen LogP contribution in [0.15, 0.2) is 24.3 Å². The first-order valence-corrected chi connectivity index (χ1v) is 6.84. The zero-order valence-electron chi connectivity index (χ0n) is 11.4. The number of benzene rings is 1. The SMILES string of the molecule is O=C(COc1ccccc1O)NCC[NH+]1CCOCC1. The minimum Gasteiger partial charge on any atom is -0.504 e. The van der Waals surface area contributed by atoms with Gasteiger partial charge in [-0.15, -0.1) is 0 Å². The van der Waals surface area contributed by atoms with E-state index < -0.39 is 0 Å². The van der Waals surface area contributed by atoms with Crippen LogP contribution in [-0.4, -0.2) is 57.0 Å². The number of hydrogen-bond acceptors (Lipinski definition) is 4. The van der Waals surface area contributed by atoms with Crippen LogP contribution >= 0.6 is 0 Å². The highest BCUT2D eigenvalue weighted by molar-refractivity contribution is 5.77. The number of aromatic hydroxyl groups is 1. The van der Waals surface area contributed by atoms with Gasteiger partial charge in [0.05, 0.1) is 26.3 Å². The number of phenols is 1. The van der Waals surface area contributed by atoms with Crippen molar-refractivity contribution in [1.29, 1.82) is 0 Å². The Hall–Kier alpha value is -1.79. The topological polar surface area (TPSA) is 72.2 Å². The van der Waals surface area contributed by atoms with Crippen LogP contribution in [0.25, 0.3) is 0 Å². The van der Waals surface area contributed by atoms with Gasteiger partial charge in [0, 0.05) is 0 Å². The highest BCUT2D eigenvalue weighted by Gasteiger charge is 2.13. The average molecular weight is 281 g/mol. The summed E-state index contributed by atoms with van der Waals surface area (Å²) in [5.41, 5.74) is 0. The van der Waals surface area contributed by atoms with Gasteiger partial charge in [-0.25, -0.2) is 0 Å². The van der Waals surface area contributed by atoms with Crippen LogP contribution in [0.3, 0.4) is 0 Å². The number of hydrogen-bond donors (Lipinski definition) is 3. The molecule has 20 heavy (non-hydrogen) atoms. The Kier molecular flexibility index (Phi) is 5.64. The van der Waals surface area contributed by atoms with Crippen molar-refractivity contribution in [3.63, 3.8) is 0 Å². The van der Waals surface area contributed by atoms with Gasteiger partial charge in [-0.3, -0.25) is 4.79 Å². The molecule has 3 N–H and O–H groups in total. The van der Waals surface area contributed by atoms with E-state index in [-0.39, 0.29) is 18.3 Å². The fourth-order valence-corrected chi connectivity index (χ4v) is 2.06. The summed E-state index contributed by atoms with van der Waals surface area (Å²) in [4.78, 5) is 13.1. The minimum atomic E-state index is -0.180. The van der Waals surface area contributed by atoms with E-state index in [1.54, 1.807) is 18.2 Å². The van der Waals surface area contributed by atoms with Crippen LogP contribution in [0.1, 0.15) is 0 Å². The third-order valence-corrected chi connectivity index (χ3v) is 3.22. The molecular formula is C14H21N2O4+. The van der Waals surface area contributed by atoms with Gasteiger partial charge in [0.1, 0.15) is 13.1 Å². The smallest absolute Gasteiger partial charge is 0.258 e. The molecule has 1 amide bonds. The molecular weight excluding hydrogens is 260 g/mol. The number of quaternary nitrogens is 1. The number of rotatable bonds is 6. The van der Waals surface area contributed by atoms with E-state index in [2.05, 4.69) is 5.32 Å². The molecule has 0 unspecified atom stereocenters. The number of nitrogens with one attached hydrogen (secondary N) is 2. The average Bonchev–Trinajstić information content (AvgIpc) is 2.47. The number of carbonyl (C=O) groups excluding carboxylic acids is 1. The summed E-state index contributed by atoms with van der Waals surface area (Å²) in [5.74, 6) is 0.181. The van der Waals surface area contributed by atoms with Crippen LogP contribution in [-0.2, 0) is 9.53 Å². The number of amides is 1. The Bertz CT molecular complexity index is 433. The zero-order chi connectivity index (χ0) is 14.2. The van der Waals surface area contributed by atoms with E-state index in [9.17, 15) is 9.90 Å². The van der Waals surface area contributed by atoms with Crippen LogP contribution in [0.2, 0.25) is 0 Å². The molecule has 1 aromatic carbocycles. The Balaban J connectivity index is 1.62. The molecule has 0 bridgehead atoms. The zero-order valence-corrected chi connectivity index (χ0v) is 11.4. The Morgan fingerprint density at radius 2 is 2.10 bits per heavy atom. The second kappa shape index (κ2) is 7.72. The van der Waals surface area contributed by atoms with E-state index in [1.807, 2.05) is 0 Å². The fourth-order valence-electron chi connectivity index (χ4n) is 2.06. The van der Waals surface area contributed by atoms with Crippen molar-refractivity contribution in [1.82, 2.24) is 5.32 Å². The Morgan fingerprint density at radius 3 is 2.85 bits per heavy atom. The lowest BCUT2D eigenvalue weighted by Crippen LogP contribution is -3.14. The molecule has 1 saturated heterocycles. The first-order valence-electron chi connectivity index (χ1n) is 6.84. The maximum atomic E-state index is 11.6. The first kappa shape index (κ1) is 14.6. The van der Waals surface area contributed by atoms with E-state index in [0.29, 0.717) is 12.3 Å². The van der Waals surface area contributed by atoms with Crippen LogP contribution in [0.4, 0.5) is 0 Å². The van der Waals surface area contributed by atoms with Gasteiger partial charge in [0.2, 0.25) is 0 Å². The molecule has 0 atom stereocenters. The van der Waals surface area contributed by atoms with Crippen molar-refractivity contribution in [2.75, 3.05) is 46.0 Å². The van der Waals surface area contributed by atoms with Crippen molar-refractivity contribution in [3.8, 4) is 11.5 Å². The molecule has 1 aliphatic rings. The molecule has 0 aromatic heterocycles. The quantitative estimate of drug-likeness (QED) is 0.613. The molecule has 1 heterocycles. The standard InChI is InChI=1S/C14H20N2O4/c17-12-3-1-2-4-13(12)20-11-14(18)15-5-6-16-7-9-19-10-8-16/h1-4,17H,5-11H2,(H,15,18)/p+1. The maximum Gasteiger partial charge on any atom is 0.258 e. The maximum absolute atomic E-state index is 11.6. The van der Waals surface area contributed by atoms with Gasteiger partial charge in [-0.1, -0.05) is 12.1 Å². The summed E-state index contributed by atoms with van der Waals surface area (Å²) in [6, 6.07) is 6.59. The van der Waals surface area contributed by atoms with Crippen LogP contribution in [0, 0.1) is 0 Å². The molecule has 0 saturated carbocycles. The summed E-state index contributed by atoms with van der Waals surface area (Å²) >= 11 is 0. The molecule has 1 fully saturated rings. The largest absolute Gasteiger partial charge is 0.504 e. The molecule has 1 aromatic rings. The Morgan fingerprint density at radius 1 is 1.35 bits per heavy atom. The molecule has 0 aliphatic carbocycles. The van der Waals surface area contributed by atoms with Crippen molar-refractivity contribution in [2.45, 2.75) is 0 Å². The summed E-state index contributed by atoms with van der Waals surface area (Å²) in [6.45, 7) is 4.99. The Labute approximate surface area is 118 Å². The lowest BCUT2D eigenvalue weighted by atomic mass is 10.3. The summed E-state index contributed by atoms with van der Waals surface area (Å²) in [6.07, 6.45) is 0. The van der Waals surface area contributed by atoms with E-state index in [4.69, 9.17) is 9.47 Å². The number of para-hydroxylation sites is 2. The summed E-state index contributed by atoms with van der Waals surface area (Å²) < 4.78 is 10.5. The van der Waals surface area contributed by atoms with E-state index in [0.717, 1.165) is 32.8 Å². The van der Waals surface area contributed by atoms with Crippen molar-refractivity contribution >= 4 is 5.91 Å². The van der Waals surface area contributed by atoms with Crippen molar-refractivity contribution in [3.05, 3.63) is 24.3 Å². The normalized spacial score (nSPS) is 15.8. The highest BCUT2D eigenvalue weighted by Crippen LogP contribution is 2.23. The molecule has 2 rings (SSSR count). The molecule has 110 valence electrons. The van der Waals surface area contributed by atoms with Crippen molar-refractivity contribution in [2.24, 2.45) is 0 Å². The molecule has 6 heteroatoms. The number of carbonyl (C=O) groups is 1. The van der Waals surface area contributed by atoms with Gasteiger partial charge in [-0.2, -0.15) is 0 Å². The van der Waals surface area contributed by atoms with Gasteiger partial charge < -0.3 is 24.8 Å². The number of morpholine rings is 1. The van der Waals surface area contributed by atoms with Gasteiger partial charge in [0.25, 0.3) is 5.91 Å². The lowest BCUT2D eigenvalue weighted by molar-refractivity contribution is -0.906. The second-order valence-corrected chi connectivity index (χ2v) is 4.72. The van der Waals surface area contributed by atoms with Gasteiger partial charge in [-0.05, 0) is 12.1 Å². The molecule has 0 radical (unpaired) electrons. The minimum absolute atomic E-state index is 0.0399. The summed E-state index contributed by atoms with van der Waals surface area (Å²) in [5, 5.41) is 12.3. The van der Waals surface area contributed by atoms with Crippen LogP contribution in [0.5, 0.6) is 11.5 Å². The lowest BCUT2D eigenvalue weighted by Gasteiger charge is -2.23. The third kappa shape index (κ3) is 4.71. The monoisotopic (exact) mass is 281 g/mol. The van der Waals surface area contributed by atoms with Gasteiger partial charge >= 0.3 is 0 Å². The predicted molar refractivity (Wildman–Crippen MR) is 73.0 cm³/mol. The number of ether oxygens (including phenoxy) is 2. The number of phenolic OH excluding ortho intramolecular Hbond substituents is 1. The molecule has 6 nitrogen and oxygen atoms in total. The molecule has 1 aliphatic heterocycles. The highest BCUT2D eigenvalue weighted by atomic mass is 16.5.